The molecule has 2 heterocycles. The molecule has 1 aromatic carbocycles. The average Bonchev–Trinajstić information content (AvgIpc) is 2.93. The van der Waals surface area contributed by atoms with Crippen molar-refractivity contribution in [1.29, 1.82) is 0 Å². The molecule has 1 aliphatic heterocycles. The lowest BCUT2D eigenvalue weighted by Crippen LogP contribution is -2.25. The molecule has 128 valence electrons. The molecule has 0 amide bonds. The van der Waals surface area contributed by atoms with Gasteiger partial charge in [-0.05, 0) is 24.1 Å². The Morgan fingerprint density at radius 2 is 2.25 bits per heavy atom. The molecule has 1 aromatic heterocycles. The summed E-state index contributed by atoms with van der Waals surface area (Å²) < 4.78 is 30.5. The van der Waals surface area contributed by atoms with Crippen LogP contribution in [-0.4, -0.2) is 37.8 Å². The van der Waals surface area contributed by atoms with Crippen molar-refractivity contribution >= 4 is 33.1 Å². The highest BCUT2D eigenvalue weighted by molar-refractivity contribution is 7.93. The maximum absolute atomic E-state index is 12.0. The van der Waals surface area contributed by atoms with Crippen LogP contribution in [0.3, 0.4) is 0 Å². The first-order valence-corrected chi connectivity index (χ1v) is 9.38. The second kappa shape index (κ2) is 6.82. The molecule has 0 radical (unpaired) electrons. The Balaban J connectivity index is 1.76. The minimum atomic E-state index is -3.19. The lowest BCUT2D eigenvalue weighted by Gasteiger charge is -2.18. The Morgan fingerprint density at radius 3 is 2.96 bits per heavy atom. The van der Waals surface area contributed by atoms with Crippen molar-refractivity contribution < 1.29 is 13.2 Å². The summed E-state index contributed by atoms with van der Waals surface area (Å²) in [6, 6.07) is 7.61. The summed E-state index contributed by atoms with van der Waals surface area (Å²) in [4.78, 5) is 8.06. The second-order valence-corrected chi connectivity index (χ2v) is 7.74. The van der Waals surface area contributed by atoms with Gasteiger partial charge in [0.05, 0.1) is 24.7 Å². The fourth-order valence-corrected chi connectivity index (χ4v) is 4.22. The summed E-state index contributed by atoms with van der Waals surface area (Å²) in [6.45, 7) is 0.968. The second-order valence-electron chi connectivity index (χ2n) is 5.32. The van der Waals surface area contributed by atoms with Gasteiger partial charge in [-0.15, -0.1) is 0 Å². The molecule has 0 atom stereocenters. The minimum absolute atomic E-state index is 0.200. The van der Waals surface area contributed by atoms with Crippen LogP contribution in [0.1, 0.15) is 12.0 Å². The zero-order chi connectivity index (χ0) is 17.2. The third-order valence-electron chi connectivity index (χ3n) is 3.66. The number of anilines is 2. The summed E-state index contributed by atoms with van der Waals surface area (Å²) in [5.41, 5.74) is 1.60. The van der Waals surface area contributed by atoms with Crippen LogP contribution in [0.15, 0.2) is 30.5 Å². The third-order valence-corrected chi connectivity index (χ3v) is 5.81. The zero-order valence-electron chi connectivity index (χ0n) is 13.1. The van der Waals surface area contributed by atoms with Gasteiger partial charge >= 0.3 is 6.01 Å². The van der Waals surface area contributed by atoms with Crippen molar-refractivity contribution in [3.05, 3.63) is 41.0 Å². The van der Waals surface area contributed by atoms with Gasteiger partial charge in [0.15, 0.2) is 5.82 Å². The van der Waals surface area contributed by atoms with Crippen molar-refractivity contribution in [3.8, 4) is 6.01 Å². The first kappa shape index (κ1) is 16.8. The highest BCUT2D eigenvalue weighted by Crippen LogP contribution is 2.26. The summed E-state index contributed by atoms with van der Waals surface area (Å²) in [6.07, 6.45) is 2.12. The molecule has 7 nitrogen and oxygen atoms in total. The highest BCUT2D eigenvalue weighted by Gasteiger charge is 2.28. The molecular formula is C15H17ClN4O3S. The van der Waals surface area contributed by atoms with Gasteiger partial charge in [0.25, 0.3) is 0 Å². The largest absolute Gasteiger partial charge is 0.467 e. The van der Waals surface area contributed by atoms with Crippen molar-refractivity contribution in [3.63, 3.8) is 0 Å². The molecule has 0 aliphatic carbocycles. The number of sulfonamides is 1. The normalized spacial score (nSPS) is 16.2. The quantitative estimate of drug-likeness (QED) is 0.871. The van der Waals surface area contributed by atoms with Crippen LogP contribution in [0, 0.1) is 0 Å². The predicted octanol–water partition coefficient (Wildman–Crippen LogP) is 2.29. The molecule has 9 heteroatoms. The van der Waals surface area contributed by atoms with E-state index in [-0.39, 0.29) is 11.8 Å². The van der Waals surface area contributed by atoms with E-state index in [2.05, 4.69) is 15.3 Å². The third kappa shape index (κ3) is 3.54. The van der Waals surface area contributed by atoms with E-state index >= 15 is 0 Å². The lowest BCUT2D eigenvalue weighted by molar-refractivity contribution is 0.380. The Morgan fingerprint density at radius 1 is 1.42 bits per heavy atom. The number of methoxy groups -OCH3 is 1. The maximum atomic E-state index is 12.0. The van der Waals surface area contributed by atoms with Gasteiger partial charge in [-0.1, -0.05) is 23.7 Å². The Kier molecular flexibility index (Phi) is 4.77. The molecule has 0 spiro atoms. The smallest absolute Gasteiger partial charge is 0.318 e. The molecule has 1 saturated heterocycles. The van der Waals surface area contributed by atoms with Crippen molar-refractivity contribution in [2.24, 2.45) is 0 Å². The number of halogens is 1. The Bertz CT molecular complexity index is 844. The van der Waals surface area contributed by atoms with E-state index in [1.807, 2.05) is 18.2 Å². The van der Waals surface area contributed by atoms with E-state index < -0.39 is 10.0 Å². The van der Waals surface area contributed by atoms with Crippen LogP contribution in [0.5, 0.6) is 6.01 Å². The molecule has 2 aromatic rings. The highest BCUT2D eigenvalue weighted by atomic mass is 35.5. The minimum Gasteiger partial charge on any atom is -0.467 e. The SMILES string of the molecule is COc1ncc(Cl)c(NCc2cccc(N3CCCS3(=O)=O)c2)n1. The number of benzene rings is 1. The fraction of sp³-hybridized carbons (Fsp3) is 0.333. The number of rotatable bonds is 5. The van der Waals surface area contributed by atoms with Crippen molar-refractivity contribution in [2.75, 3.05) is 29.0 Å². The van der Waals surface area contributed by atoms with E-state index in [9.17, 15) is 8.42 Å². The van der Waals surface area contributed by atoms with Gasteiger partial charge in [0.2, 0.25) is 10.0 Å². The monoisotopic (exact) mass is 368 g/mol. The molecule has 3 rings (SSSR count). The number of aromatic nitrogens is 2. The summed E-state index contributed by atoms with van der Waals surface area (Å²) >= 11 is 6.06. The molecule has 0 saturated carbocycles. The van der Waals surface area contributed by atoms with Crippen LogP contribution in [-0.2, 0) is 16.6 Å². The summed E-state index contributed by atoms with van der Waals surface area (Å²) in [5.74, 6) is 0.661. The maximum Gasteiger partial charge on any atom is 0.318 e. The van der Waals surface area contributed by atoms with Crippen molar-refractivity contribution in [1.82, 2.24) is 9.97 Å². The standard InChI is InChI=1S/C15H17ClN4O3S/c1-23-15-18-10-13(16)14(19-15)17-9-11-4-2-5-12(8-11)20-6-3-7-24(20,21)22/h2,4-5,8,10H,3,6-7,9H2,1H3,(H,17,18,19). The van der Waals surface area contributed by atoms with Gasteiger partial charge in [-0.2, -0.15) is 4.98 Å². The van der Waals surface area contributed by atoms with Crippen LogP contribution in [0.4, 0.5) is 11.5 Å². The van der Waals surface area contributed by atoms with Gasteiger partial charge < -0.3 is 10.1 Å². The van der Waals surface area contributed by atoms with Gasteiger partial charge in [-0.3, -0.25) is 4.31 Å². The van der Waals surface area contributed by atoms with E-state index in [1.54, 1.807) is 6.07 Å². The van der Waals surface area contributed by atoms with E-state index in [0.29, 0.717) is 36.0 Å². The number of nitrogens with zero attached hydrogens (tertiary/aromatic N) is 3. The number of hydrogen-bond donors (Lipinski definition) is 1. The topological polar surface area (TPSA) is 84.4 Å². The lowest BCUT2D eigenvalue weighted by atomic mass is 10.2. The van der Waals surface area contributed by atoms with Crippen LogP contribution >= 0.6 is 11.6 Å². The van der Waals surface area contributed by atoms with Crippen LogP contribution < -0.4 is 14.4 Å². The van der Waals surface area contributed by atoms with Crippen LogP contribution in [0.25, 0.3) is 0 Å². The average molecular weight is 369 g/mol. The number of nitrogens with one attached hydrogen (secondary N) is 1. The first-order valence-electron chi connectivity index (χ1n) is 7.39. The van der Waals surface area contributed by atoms with E-state index in [4.69, 9.17) is 16.3 Å². The number of ether oxygens (including phenoxy) is 1. The first-order chi connectivity index (χ1) is 11.5. The Labute approximate surface area is 145 Å². The molecule has 0 unspecified atom stereocenters. The predicted molar refractivity (Wildman–Crippen MR) is 93.1 cm³/mol. The molecule has 24 heavy (non-hydrogen) atoms. The van der Waals surface area contributed by atoms with Gasteiger partial charge in [-0.25, -0.2) is 13.4 Å². The zero-order valence-corrected chi connectivity index (χ0v) is 14.6. The number of hydrogen-bond acceptors (Lipinski definition) is 6. The molecule has 1 aliphatic rings. The molecular weight excluding hydrogens is 352 g/mol. The molecule has 0 bridgehead atoms. The summed E-state index contributed by atoms with van der Waals surface area (Å²) in [7, 11) is -1.71. The Hall–Kier alpha value is -2.06. The van der Waals surface area contributed by atoms with Crippen LogP contribution in [0.2, 0.25) is 5.02 Å². The summed E-state index contributed by atoms with van der Waals surface area (Å²) in [5, 5.41) is 3.49. The van der Waals surface area contributed by atoms with Gasteiger partial charge in [0, 0.05) is 13.1 Å². The van der Waals surface area contributed by atoms with E-state index in [1.165, 1.54) is 17.6 Å². The van der Waals surface area contributed by atoms with Crippen molar-refractivity contribution in [2.45, 2.75) is 13.0 Å². The molecule has 1 fully saturated rings. The molecule has 1 N–H and O–H groups in total. The fourth-order valence-electron chi connectivity index (χ4n) is 2.51. The van der Waals surface area contributed by atoms with E-state index in [0.717, 1.165) is 5.56 Å². The van der Waals surface area contributed by atoms with Gasteiger partial charge in [0.1, 0.15) is 5.02 Å².